The van der Waals surface area contributed by atoms with E-state index in [1.807, 2.05) is 12.1 Å². The molecule has 0 aliphatic carbocycles. The highest BCUT2D eigenvalue weighted by Gasteiger charge is 2.35. The SMILES string of the molecule is O=C1CSc2ccc(CNC3CCN(C4Cn5c(=O)ccc6ncc(F)c4c65)CC3)nc2N1. The first kappa shape index (κ1) is 20.8. The molecule has 0 bridgehead atoms. The zero-order valence-corrected chi connectivity index (χ0v) is 18.7. The van der Waals surface area contributed by atoms with Gasteiger partial charge in [-0.3, -0.25) is 19.5 Å². The molecule has 0 radical (unpaired) electrons. The van der Waals surface area contributed by atoms with Gasteiger partial charge in [0, 0.05) is 43.9 Å². The van der Waals surface area contributed by atoms with Crippen LogP contribution in [0.4, 0.5) is 10.2 Å². The molecule has 1 unspecified atom stereocenters. The number of amides is 1. The van der Waals surface area contributed by atoms with Crippen LogP contribution in [0, 0.1) is 5.82 Å². The predicted octanol–water partition coefficient (Wildman–Crippen LogP) is 2.28. The molecule has 0 aromatic carbocycles. The Morgan fingerprint density at radius 1 is 1.18 bits per heavy atom. The number of pyridine rings is 3. The van der Waals surface area contributed by atoms with Crippen LogP contribution >= 0.6 is 11.8 Å². The molecule has 6 heterocycles. The number of thioether (sulfide) groups is 1. The molecule has 3 aliphatic heterocycles. The number of hydrogen-bond acceptors (Lipinski definition) is 7. The number of carbonyl (C=O) groups excluding carboxylic acids is 1. The summed E-state index contributed by atoms with van der Waals surface area (Å²) in [7, 11) is 0. The number of anilines is 1. The fraction of sp³-hybridized carbons (Fsp3) is 0.391. The lowest BCUT2D eigenvalue weighted by Crippen LogP contribution is -2.44. The van der Waals surface area contributed by atoms with Crippen LogP contribution < -0.4 is 16.2 Å². The summed E-state index contributed by atoms with van der Waals surface area (Å²) in [6.07, 6.45) is 3.12. The topological polar surface area (TPSA) is 92.2 Å². The van der Waals surface area contributed by atoms with Crippen molar-refractivity contribution in [1.82, 2.24) is 24.8 Å². The Morgan fingerprint density at radius 3 is 2.88 bits per heavy atom. The maximum Gasteiger partial charge on any atom is 0.251 e. The van der Waals surface area contributed by atoms with Crippen molar-refractivity contribution in [1.29, 1.82) is 0 Å². The van der Waals surface area contributed by atoms with Crippen molar-refractivity contribution >= 4 is 34.5 Å². The molecule has 8 nitrogen and oxygen atoms in total. The first-order valence-electron chi connectivity index (χ1n) is 11.1. The Morgan fingerprint density at radius 2 is 2.03 bits per heavy atom. The van der Waals surface area contributed by atoms with E-state index in [4.69, 9.17) is 0 Å². The molecule has 2 N–H and O–H groups in total. The van der Waals surface area contributed by atoms with Gasteiger partial charge < -0.3 is 15.2 Å². The highest BCUT2D eigenvalue weighted by Crippen LogP contribution is 2.37. The van der Waals surface area contributed by atoms with Crippen LogP contribution in [0.15, 0.2) is 40.2 Å². The van der Waals surface area contributed by atoms with E-state index in [9.17, 15) is 14.0 Å². The molecule has 3 aromatic rings. The summed E-state index contributed by atoms with van der Waals surface area (Å²) in [6, 6.07) is 7.38. The van der Waals surface area contributed by atoms with Crippen molar-refractivity contribution in [3.05, 3.63) is 57.9 Å². The number of piperidine rings is 1. The van der Waals surface area contributed by atoms with Gasteiger partial charge in [-0.2, -0.15) is 0 Å². The number of carbonyl (C=O) groups is 1. The average molecular weight is 467 g/mol. The minimum Gasteiger partial charge on any atom is -0.309 e. The van der Waals surface area contributed by atoms with Crippen molar-refractivity contribution in [2.45, 2.75) is 42.9 Å². The molecule has 0 saturated carbocycles. The molecule has 10 heteroatoms. The lowest BCUT2D eigenvalue weighted by molar-refractivity contribution is -0.113. The van der Waals surface area contributed by atoms with Gasteiger partial charge in [0.15, 0.2) is 0 Å². The highest BCUT2D eigenvalue weighted by atomic mass is 32.2. The van der Waals surface area contributed by atoms with Gasteiger partial charge >= 0.3 is 0 Å². The number of halogens is 1. The average Bonchev–Trinajstić information content (AvgIpc) is 3.24. The standard InChI is InChI=1S/C23H23FN6O2S/c24-15-10-26-16-2-4-20(32)30-11-17(21(15)22(16)30)29-7-5-13(6-8-29)25-9-14-1-3-18-23(27-14)28-19(31)12-33-18/h1-4,10,13,17,25H,5-9,11-12H2,(H,27,28,31). The van der Waals surface area contributed by atoms with Crippen LogP contribution in [0.5, 0.6) is 0 Å². The summed E-state index contributed by atoms with van der Waals surface area (Å²) in [4.78, 5) is 36.0. The molecule has 0 spiro atoms. The van der Waals surface area contributed by atoms with Gasteiger partial charge in [0.1, 0.15) is 11.6 Å². The Labute approximate surface area is 193 Å². The molecule has 1 fully saturated rings. The van der Waals surface area contributed by atoms with Crippen molar-refractivity contribution in [3.63, 3.8) is 0 Å². The zero-order valence-electron chi connectivity index (χ0n) is 17.9. The van der Waals surface area contributed by atoms with E-state index < -0.39 is 0 Å². The van der Waals surface area contributed by atoms with Gasteiger partial charge in [-0.05, 0) is 31.0 Å². The maximum atomic E-state index is 14.8. The monoisotopic (exact) mass is 466 g/mol. The van der Waals surface area contributed by atoms with Crippen molar-refractivity contribution in [3.8, 4) is 0 Å². The van der Waals surface area contributed by atoms with E-state index in [0.717, 1.165) is 36.5 Å². The number of fused-ring (bicyclic) bond motifs is 1. The van der Waals surface area contributed by atoms with E-state index in [1.165, 1.54) is 24.0 Å². The Balaban J connectivity index is 1.11. The second kappa shape index (κ2) is 8.19. The van der Waals surface area contributed by atoms with Gasteiger partial charge in [0.2, 0.25) is 5.91 Å². The molecule has 1 amide bonds. The lowest BCUT2D eigenvalue weighted by atomic mass is 10.00. The molecule has 1 saturated heterocycles. The third-order valence-electron chi connectivity index (χ3n) is 6.76. The fourth-order valence-electron chi connectivity index (χ4n) is 5.09. The second-order valence-electron chi connectivity index (χ2n) is 8.73. The summed E-state index contributed by atoms with van der Waals surface area (Å²) in [5.41, 5.74) is 2.68. The Hall–Kier alpha value is -2.82. The van der Waals surface area contributed by atoms with E-state index in [2.05, 4.69) is 25.5 Å². The molecular weight excluding hydrogens is 443 g/mol. The smallest absolute Gasteiger partial charge is 0.251 e. The van der Waals surface area contributed by atoms with Crippen LogP contribution in [0.25, 0.3) is 11.0 Å². The largest absolute Gasteiger partial charge is 0.309 e. The zero-order chi connectivity index (χ0) is 22.5. The Bertz CT molecular complexity index is 1320. The van der Waals surface area contributed by atoms with Crippen molar-refractivity contribution < 1.29 is 9.18 Å². The van der Waals surface area contributed by atoms with Gasteiger partial charge in [0.05, 0.1) is 39.6 Å². The number of nitrogens with zero attached hydrogens (tertiary/aromatic N) is 4. The molecule has 170 valence electrons. The molecule has 3 aromatic heterocycles. The molecular formula is C23H23FN6O2S. The van der Waals surface area contributed by atoms with Crippen LogP contribution in [-0.2, 0) is 17.9 Å². The summed E-state index contributed by atoms with van der Waals surface area (Å²) < 4.78 is 16.4. The van der Waals surface area contributed by atoms with Crippen molar-refractivity contribution in [2.24, 2.45) is 0 Å². The van der Waals surface area contributed by atoms with E-state index in [1.54, 1.807) is 10.6 Å². The summed E-state index contributed by atoms with van der Waals surface area (Å²) in [5, 5.41) is 6.41. The molecule has 33 heavy (non-hydrogen) atoms. The van der Waals surface area contributed by atoms with Gasteiger partial charge in [-0.1, -0.05) is 0 Å². The minimum absolute atomic E-state index is 0.0169. The van der Waals surface area contributed by atoms with Gasteiger partial charge in [-0.15, -0.1) is 11.8 Å². The highest BCUT2D eigenvalue weighted by molar-refractivity contribution is 8.00. The second-order valence-corrected chi connectivity index (χ2v) is 9.75. The van der Waals surface area contributed by atoms with Crippen LogP contribution in [0.2, 0.25) is 0 Å². The summed E-state index contributed by atoms with van der Waals surface area (Å²) in [6.45, 7) is 2.73. The van der Waals surface area contributed by atoms with Gasteiger partial charge in [0.25, 0.3) is 5.56 Å². The first-order valence-corrected chi connectivity index (χ1v) is 12.1. The van der Waals surface area contributed by atoms with E-state index in [-0.39, 0.29) is 23.3 Å². The fourth-order valence-corrected chi connectivity index (χ4v) is 5.85. The quantitative estimate of drug-likeness (QED) is 0.610. The van der Waals surface area contributed by atoms with Gasteiger partial charge in [-0.25, -0.2) is 9.37 Å². The lowest BCUT2D eigenvalue weighted by Gasteiger charge is -2.36. The molecule has 6 rings (SSSR count). The minimum atomic E-state index is -0.340. The number of aromatic nitrogens is 3. The van der Waals surface area contributed by atoms with Crippen LogP contribution in [-0.4, -0.2) is 50.2 Å². The third kappa shape index (κ3) is 3.71. The summed E-state index contributed by atoms with van der Waals surface area (Å²) in [5.74, 6) is 0.720. The van der Waals surface area contributed by atoms with E-state index in [0.29, 0.717) is 47.3 Å². The van der Waals surface area contributed by atoms with E-state index >= 15 is 0 Å². The normalized spacial score (nSPS) is 20.8. The number of hydrogen-bond donors (Lipinski definition) is 2. The number of rotatable bonds is 4. The summed E-state index contributed by atoms with van der Waals surface area (Å²) >= 11 is 1.51. The van der Waals surface area contributed by atoms with Crippen LogP contribution in [0.1, 0.15) is 30.1 Å². The predicted molar refractivity (Wildman–Crippen MR) is 124 cm³/mol. The Kier molecular flexibility index (Phi) is 5.16. The number of likely N-dealkylation sites (tertiary alicyclic amines) is 1. The number of nitrogens with one attached hydrogen (secondary N) is 2. The van der Waals surface area contributed by atoms with Crippen LogP contribution in [0.3, 0.4) is 0 Å². The first-order chi connectivity index (χ1) is 16.1. The molecule has 1 atom stereocenters. The third-order valence-corrected chi connectivity index (χ3v) is 7.80. The van der Waals surface area contributed by atoms with Crippen molar-refractivity contribution in [2.75, 3.05) is 24.2 Å². The molecule has 3 aliphatic rings. The maximum absolute atomic E-state index is 14.8.